The Morgan fingerprint density at radius 1 is 0.786 bits per heavy atom. The molecule has 0 aromatic heterocycles. The standard InChI is InChI=1S/C40H61N7O9/c1-30(43-37(50)51)22-26-47(27-31-17-9-7-10-18-31)25-16-15-23-41-35(49)33(29-55-28-32-19-11-8-12-20-32)44-34(48)21-13-5-6-14-24-42-36(45-38(52)53)46-39(54)56-40(2,3)4/h7-12,17-20,30,33,43H,5-6,13-16,21-29H2,1-4H3,(H,41,49)(H,44,48)(H,50,51)(H,52,53)(H2,42,45,46,54)/t30-,33+/m1/s1. The van der Waals surface area contributed by atoms with Crippen molar-refractivity contribution < 1.29 is 43.7 Å². The Balaban J connectivity index is 1.83. The Morgan fingerprint density at radius 2 is 1.45 bits per heavy atom. The first kappa shape index (κ1) is 46.9. The number of benzene rings is 2. The van der Waals surface area contributed by atoms with E-state index in [-0.39, 0.29) is 50.0 Å². The smallest absolute Gasteiger partial charge is 0.414 e. The highest BCUT2D eigenvalue weighted by Gasteiger charge is 2.21. The number of nitrogens with one attached hydrogen (secondary N) is 5. The third-order valence-corrected chi connectivity index (χ3v) is 8.17. The van der Waals surface area contributed by atoms with Crippen molar-refractivity contribution in [3.05, 3.63) is 71.8 Å². The number of aliphatic imine (C=N–C) groups is 1. The number of amides is 5. The maximum absolute atomic E-state index is 13.3. The van der Waals surface area contributed by atoms with Gasteiger partial charge in [0.15, 0.2) is 0 Å². The van der Waals surface area contributed by atoms with E-state index in [9.17, 15) is 24.0 Å². The van der Waals surface area contributed by atoms with Gasteiger partial charge < -0.3 is 35.6 Å². The van der Waals surface area contributed by atoms with Gasteiger partial charge in [-0.3, -0.25) is 30.1 Å². The van der Waals surface area contributed by atoms with Crippen molar-refractivity contribution in [3.8, 4) is 0 Å². The SMILES string of the molecule is C[C@H](CCN(CCCCNC(=O)[C@H](COCc1ccccc1)NC(=O)CCCCCCN=C(NC(=O)O)NC(=O)OC(C)(C)C)Cc1ccccc1)NC(=O)O. The van der Waals surface area contributed by atoms with Crippen LogP contribution in [0.1, 0.15) is 90.2 Å². The summed E-state index contributed by atoms with van der Waals surface area (Å²) in [6.45, 7) is 10.1. The number of hydrogen-bond donors (Lipinski definition) is 7. The van der Waals surface area contributed by atoms with Gasteiger partial charge in [0.1, 0.15) is 11.6 Å². The molecule has 0 aliphatic heterocycles. The largest absolute Gasteiger partial charge is 0.465 e. The van der Waals surface area contributed by atoms with Gasteiger partial charge in [-0.25, -0.2) is 14.4 Å². The van der Waals surface area contributed by atoms with Gasteiger partial charge in [-0.15, -0.1) is 0 Å². The van der Waals surface area contributed by atoms with Crippen LogP contribution in [0.3, 0.4) is 0 Å². The molecule has 0 spiro atoms. The Bertz CT molecular complexity index is 1500. The highest BCUT2D eigenvalue weighted by Crippen LogP contribution is 2.10. The van der Waals surface area contributed by atoms with Gasteiger partial charge in [0.05, 0.1) is 13.2 Å². The normalized spacial score (nSPS) is 12.6. The van der Waals surface area contributed by atoms with Crippen LogP contribution in [0.15, 0.2) is 65.7 Å². The van der Waals surface area contributed by atoms with Gasteiger partial charge in [-0.2, -0.15) is 0 Å². The zero-order valence-corrected chi connectivity index (χ0v) is 33.2. The van der Waals surface area contributed by atoms with Crippen LogP contribution >= 0.6 is 0 Å². The molecule has 0 bridgehead atoms. The molecule has 0 aliphatic rings. The highest BCUT2D eigenvalue weighted by atomic mass is 16.6. The number of guanidine groups is 1. The first-order valence-corrected chi connectivity index (χ1v) is 19.2. The van der Waals surface area contributed by atoms with Crippen molar-refractivity contribution >= 4 is 36.1 Å². The minimum Gasteiger partial charge on any atom is -0.465 e. The number of nitrogens with zero attached hydrogens (tertiary/aromatic N) is 2. The predicted molar refractivity (Wildman–Crippen MR) is 213 cm³/mol. The van der Waals surface area contributed by atoms with E-state index in [0.29, 0.717) is 51.6 Å². The number of carbonyl (C=O) groups is 5. The van der Waals surface area contributed by atoms with Crippen molar-refractivity contribution in [1.82, 2.24) is 31.5 Å². The van der Waals surface area contributed by atoms with Crippen LogP contribution in [0, 0.1) is 0 Å². The molecular weight excluding hydrogens is 722 g/mol. The number of alkyl carbamates (subject to hydrolysis) is 1. The summed E-state index contributed by atoms with van der Waals surface area (Å²) >= 11 is 0. The van der Waals surface area contributed by atoms with Crippen LogP contribution in [-0.4, -0.2) is 102 Å². The molecule has 0 saturated heterocycles. The zero-order chi connectivity index (χ0) is 41.2. The lowest BCUT2D eigenvalue weighted by molar-refractivity contribution is -0.130. The monoisotopic (exact) mass is 783 g/mol. The number of ether oxygens (including phenoxy) is 2. The topological polar surface area (TPSA) is 220 Å². The fourth-order valence-electron chi connectivity index (χ4n) is 5.44. The number of carbonyl (C=O) groups excluding carboxylic acids is 3. The molecule has 0 aliphatic carbocycles. The molecule has 310 valence electrons. The fraction of sp³-hybridized carbons (Fsp3) is 0.550. The molecule has 0 fully saturated rings. The summed E-state index contributed by atoms with van der Waals surface area (Å²) in [6.07, 6.45) is 1.69. The van der Waals surface area contributed by atoms with E-state index < -0.39 is 29.9 Å². The minimum absolute atomic E-state index is 0.00192. The Morgan fingerprint density at radius 3 is 2.09 bits per heavy atom. The van der Waals surface area contributed by atoms with Crippen LogP contribution in [0.2, 0.25) is 0 Å². The number of unbranched alkanes of at least 4 members (excludes halogenated alkanes) is 4. The van der Waals surface area contributed by atoms with E-state index in [0.717, 1.165) is 30.6 Å². The lowest BCUT2D eigenvalue weighted by atomic mass is 10.1. The quantitative estimate of drug-likeness (QED) is 0.0418. The second-order valence-corrected chi connectivity index (χ2v) is 14.5. The summed E-state index contributed by atoms with van der Waals surface area (Å²) in [4.78, 5) is 66.7. The molecule has 0 unspecified atom stereocenters. The molecule has 2 rings (SSSR count). The lowest BCUT2D eigenvalue weighted by Gasteiger charge is -2.24. The number of hydrogen-bond acceptors (Lipinski definition) is 9. The summed E-state index contributed by atoms with van der Waals surface area (Å²) in [6, 6.07) is 18.6. The summed E-state index contributed by atoms with van der Waals surface area (Å²) in [5, 5.41) is 30.7. The predicted octanol–water partition coefficient (Wildman–Crippen LogP) is 5.23. The summed E-state index contributed by atoms with van der Waals surface area (Å²) in [7, 11) is 0. The van der Waals surface area contributed by atoms with Crippen molar-refractivity contribution in [1.29, 1.82) is 0 Å². The molecule has 2 aromatic rings. The molecule has 16 nitrogen and oxygen atoms in total. The van der Waals surface area contributed by atoms with Crippen LogP contribution in [-0.2, 0) is 32.2 Å². The van der Waals surface area contributed by atoms with Gasteiger partial charge in [-0.1, -0.05) is 73.5 Å². The second kappa shape index (κ2) is 26.6. The molecule has 7 N–H and O–H groups in total. The summed E-state index contributed by atoms with van der Waals surface area (Å²) in [5.74, 6) is -0.832. The first-order valence-electron chi connectivity index (χ1n) is 19.2. The molecule has 2 atom stereocenters. The molecule has 0 saturated carbocycles. The van der Waals surface area contributed by atoms with E-state index in [1.54, 1.807) is 20.8 Å². The Kier molecular flexibility index (Phi) is 22.3. The van der Waals surface area contributed by atoms with Crippen molar-refractivity contribution in [2.24, 2.45) is 4.99 Å². The molecule has 16 heteroatoms. The average Bonchev–Trinajstić information content (AvgIpc) is 3.12. The van der Waals surface area contributed by atoms with Gasteiger partial charge >= 0.3 is 18.3 Å². The maximum Gasteiger partial charge on any atom is 0.414 e. The first-order chi connectivity index (χ1) is 26.7. The molecule has 0 heterocycles. The average molecular weight is 784 g/mol. The van der Waals surface area contributed by atoms with Crippen LogP contribution in [0.4, 0.5) is 14.4 Å². The van der Waals surface area contributed by atoms with Gasteiger partial charge in [0, 0.05) is 38.6 Å². The molecular formula is C40H61N7O9. The highest BCUT2D eigenvalue weighted by molar-refractivity contribution is 6.00. The zero-order valence-electron chi connectivity index (χ0n) is 33.2. The van der Waals surface area contributed by atoms with E-state index in [1.165, 1.54) is 0 Å². The molecule has 2 aromatic carbocycles. The van der Waals surface area contributed by atoms with Crippen molar-refractivity contribution in [2.45, 2.75) is 110 Å². The third-order valence-electron chi connectivity index (χ3n) is 8.17. The number of carboxylic acid groups (broad SMARTS) is 2. The van der Waals surface area contributed by atoms with E-state index >= 15 is 0 Å². The van der Waals surface area contributed by atoms with Crippen molar-refractivity contribution in [2.75, 3.05) is 32.8 Å². The summed E-state index contributed by atoms with van der Waals surface area (Å²) < 4.78 is 11.0. The Hall–Kier alpha value is -5.22. The maximum atomic E-state index is 13.3. The molecule has 0 radical (unpaired) electrons. The lowest BCUT2D eigenvalue weighted by Crippen LogP contribution is -2.49. The van der Waals surface area contributed by atoms with Crippen LogP contribution in [0.25, 0.3) is 0 Å². The summed E-state index contributed by atoms with van der Waals surface area (Å²) in [5.41, 5.74) is 1.35. The molecule has 5 amide bonds. The fourth-order valence-corrected chi connectivity index (χ4v) is 5.44. The number of rotatable bonds is 24. The van der Waals surface area contributed by atoms with E-state index in [1.807, 2.05) is 60.8 Å². The van der Waals surface area contributed by atoms with Crippen LogP contribution in [0.5, 0.6) is 0 Å². The Labute approximate surface area is 330 Å². The van der Waals surface area contributed by atoms with Gasteiger partial charge in [0.2, 0.25) is 17.8 Å². The molecule has 56 heavy (non-hydrogen) atoms. The van der Waals surface area contributed by atoms with Gasteiger partial charge in [0.25, 0.3) is 0 Å². The second-order valence-electron chi connectivity index (χ2n) is 14.5. The van der Waals surface area contributed by atoms with Crippen molar-refractivity contribution in [3.63, 3.8) is 0 Å². The third kappa shape index (κ3) is 23.5. The minimum atomic E-state index is -1.37. The van der Waals surface area contributed by atoms with Gasteiger partial charge in [-0.05, 0) is 77.5 Å². The van der Waals surface area contributed by atoms with E-state index in [4.69, 9.17) is 19.7 Å². The van der Waals surface area contributed by atoms with Crippen LogP contribution < -0.4 is 26.6 Å². The van der Waals surface area contributed by atoms with E-state index in [2.05, 4.69) is 43.3 Å².